The van der Waals surface area contributed by atoms with Crippen LogP contribution in [-0.4, -0.2) is 65.8 Å². The van der Waals surface area contributed by atoms with Crippen LogP contribution in [0.1, 0.15) is 40.0 Å². The van der Waals surface area contributed by atoms with E-state index in [1.807, 2.05) is 6.92 Å². The van der Waals surface area contributed by atoms with Gasteiger partial charge < -0.3 is 19.6 Å². The Bertz CT molecular complexity index is 358. The van der Waals surface area contributed by atoms with Crippen molar-refractivity contribution in [1.29, 1.82) is 0 Å². The second kappa shape index (κ2) is 8.22. The maximum Gasteiger partial charge on any atom is 0.326 e. The summed E-state index contributed by atoms with van der Waals surface area (Å²) >= 11 is 0. The van der Waals surface area contributed by atoms with Gasteiger partial charge in [-0.15, -0.1) is 0 Å². The maximum absolute atomic E-state index is 12.7. The Hall–Kier alpha value is -1.30. The minimum absolute atomic E-state index is 0.184. The number of carbonyl (C=O) groups excluding carboxylic acids is 1. The molecule has 6 heteroatoms. The first-order valence-corrected chi connectivity index (χ1v) is 7.79. The molecule has 1 saturated heterocycles. The summed E-state index contributed by atoms with van der Waals surface area (Å²) in [6, 6.07) is -0.963. The third kappa shape index (κ3) is 4.33. The molecule has 0 radical (unpaired) electrons. The Morgan fingerprint density at radius 3 is 2.38 bits per heavy atom. The molecule has 122 valence electrons. The number of amides is 2. The van der Waals surface area contributed by atoms with E-state index in [4.69, 9.17) is 4.74 Å². The minimum atomic E-state index is -0.957. The van der Waals surface area contributed by atoms with Crippen LogP contribution in [0, 0.1) is 5.92 Å². The molecular weight excluding hydrogens is 272 g/mol. The lowest BCUT2D eigenvalue weighted by Crippen LogP contribution is -2.49. The van der Waals surface area contributed by atoms with Crippen LogP contribution in [-0.2, 0) is 9.53 Å². The number of ether oxygens (including phenoxy) is 1. The molecule has 1 aliphatic rings. The first-order chi connectivity index (χ1) is 9.98. The second-order valence-electron chi connectivity index (χ2n) is 5.60. The van der Waals surface area contributed by atoms with E-state index in [2.05, 4.69) is 13.8 Å². The van der Waals surface area contributed by atoms with Crippen molar-refractivity contribution in [2.75, 3.05) is 26.7 Å². The summed E-state index contributed by atoms with van der Waals surface area (Å²) < 4.78 is 5.23. The van der Waals surface area contributed by atoms with Crippen molar-refractivity contribution in [3.63, 3.8) is 0 Å². The first kappa shape index (κ1) is 17.8. The number of urea groups is 1. The lowest BCUT2D eigenvalue weighted by atomic mass is 10.0. The number of aliphatic carboxylic acids is 1. The average Bonchev–Trinajstić information content (AvgIpc) is 2.92. The highest BCUT2D eigenvalue weighted by atomic mass is 16.5. The van der Waals surface area contributed by atoms with Gasteiger partial charge in [0.15, 0.2) is 0 Å². The minimum Gasteiger partial charge on any atom is -0.480 e. The zero-order chi connectivity index (χ0) is 16.0. The predicted molar refractivity (Wildman–Crippen MR) is 80.3 cm³/mol. The fourth-order valence-corrected chi connectivity index (χ4v) is 2.80. The molecular formula is C15H28N2O4. The quantitative estimate of drug-likeness (QED) is 0.781. The number of carboxylic acids is 1. The molecule has 1 aliphatic heterocycles. The summed E-state index contributed by atoms with van der Waals surface area (Å²) in [5.74, 6) is -0.500. The molecule has 1 fully saturated rings. The number of hydrogen-bond acceptors (Lipinski definition) is 3. The number of carbonyl (C=O) groups is 2. The Morgan fingerprint density at radius 1 is 1.33 bits per heavy atom. The number of nitrogens with zero attached hydrogens (tertiary/aromatic N) is 2. The van der Waals surface area contributed by atoms with Gasteiger partial charge in [-0.3, -0.25) is 0 Å². The third-order valence-corrected chi connectivity index (χ3v) is 4.41. The van der Waals surface area contributed by atoms with E-state index in [0.29, 0.717) is 32.0 Å². The summed E-state index contributed by atoms with van der Waals surface area (Å²) in [4.78, 5) is 27.2. The summed E-state index contributed by atoms with van der Waals surface area (Å²) in [6.45, 7) is 7.79. The summed E-state index contributed by atoms with van der Waals surface area (Å²) in [7, 11) is 1.55. The van der Waals surface area contributed by atoms with Gasteiger partial charge in [0.05, 0.1) is 6.10 Å². The third-order valence-electron chi connectivity index (χ3n) is 4.41. The van der Waals surface area contributed by atoms with Gasteiger partial charge in [-0.1, -0.05) is 26.7 Å². The largest absolute Gasteiger partial charge is 0.480 e. The molecule has 0 aliphatic carbocycles. The second-order valence-corrected chi connectivity index (χ2v) is 5.60. The molecule has 2 amide bonds. The van der Waals surface area contributed by atoms with Gasteiger partial charge in [0.2, 0.25) is 0 Å². The Kier molecular flexibility index (Phi) is 6.95. The predicted octanol–water partition coefficient (Wildman–Crippen LogP) is 2.04. The average molecular weight is 300 g/mol. The van der Waals surface area contributed by atoms with E-state index in [-0.39, 0.29) is 12.1 Å². The molecule has 1 rings (SSSR count). The van der Waals surface area contributed by atoms with Crippen molar-refractivity contribution in [2.45, 2.75) is 52.2 Å². The fraction of sp³-hybridized carbons (Fsp3) is 0.867. The van der Waals surface area contributed by atoms with E-state index in [0.717, 1.165) is 12.8 Å². The van der Waals surface area contributed by atoms with Crippen LogP contribution in [0.4, 0.5) is 4.79 Å². The summed E-state index contributed by atoms with van der Waals surface area (Å²) in [5, 5.41) is 9.31. The highest BCUT2D eigenvalue weighted by Crippen LogP contribution is 2.22. The molecule has 6 nitrogen and oxygen atoms in total. The lowest BCUT2D eigenvalue weighted by Gasteiger charge is -2.31. The van der Waals surface area contributed by atoms with E-state index in [1.165, 1.54) is 4.90 Å². The van der Waals surface area contributed by atoms with Crippen LogP contribution in [0.2, 0.25) is 0 Å². The first-order valence-electron chi connectivity index (χ1n) is 7.79. The Labute approximate surface area is 127 Å². The highest BCUT2D eigenvalue weighted by molar-refractivity contribution is 5.83. The number of likely N-dealkylation sites (tertiary alicyclic amines) is 1. The number of hydrogen-bond donors (Lipinski definition) is 1. The molecule has 0 aromatic heterocycles. The van der Waals surface area contributed by atoms with Crippen molar-refractivity contribution in [1.82, 2.24) is 9.80 Å². The van der Waals surface area contributed by atoms with Crippen molar-refractivity contribution in [2.24, 2.45) is 5.92 Å². The van der Waals surface area contributed by atoms with Gasteiger partial charge >= 0.3 is 12.0 Å². The Morgan fingerprint density at radius 2 is 1.95 bits per heavy atom. The van der Waals surface area contributed by atoms with Crippen LogP contribution in [0.25, 0.3) is 0 Å². The van der Waals surface area contributed by atoms with Crippen molar-refractivity contribution < 1.29 is 19.4 Å². The van der Waals surface area contributed by atoms with E-state index in [9.17, 15) is 14.7 Å². The molecule has 1 heterocycles. The normalized spacial score (nSPS) is 21.9. The van der Waals surface area contributed by atoms with Crippen molar-refractivity contribution >= 4 is 12.0 Å². The number of rotatable bonds is 7. The van der Waals surface area contributed by atoms with E-state index in [1.54, 1.807) is 12.0 Å². The molecule has 0 aromatic rings. The smallest absolute Gasteiger partial charge is 0.326 e. The van der Waals surface area contributed by atoms with Gasteiger partial charge in [0.1, 0.15) is 6.04 Å². The molecule has 1 N–H and O–H groups in total. The van der Waals surface area contributed by atoms with Crippen molar-refractivity contribution in [3.8, 4) is 0 Å². The monoisotopic (exact) mass is 300 g/mol. The molecule has 0 aromatic carbocycles. The van der Waals surface area contributed by atoms with E-state index >= 15 is 0 Å². The fourth-order valence-electron chi connectivity index (χ4n) is 2.80. The van der Waals surface area contributed by atoms with Gasteiger partial charge in [0, 0.05) is 33.2 Å². The van der Waals surface area contributed by atoms with Crippen LogP contribution < -0.4 is 0 Å². The standard InChI is InChI=1S/C15H28N2O4/c1-5-11(6-2)9-16(7-3)15(20)17-10-12(21-4)8-13(17)14(18)19/h11-13H,5-10H2,1-4H3,(H,18,19). The van der Waals surface area contributed by atoms with Crippen LogP contribution in [0.3, 0.4) is 0 Å². The highest BCUT2D eigenvalue weighted by Gasteiger charge is 2.41. The topological polar surface area (TPSA) is 70.1 Å². The zero-order valence-corrected chi connectivity index (χ0v) is 13.5. The molecule has 2 unspecified atom stereocenters. The summed E-state index contributed by atoms with van der Waals surface area (Å²) in [5.41, 5.74) is 0. The van der Waals surface area contributed by atoms with Gasteiger partial charge in [-0.25, -0.2) is 9.59 Å². The maximum atomic E-state index is 12.7. The molecule has 2 atom stereocenters. The molecule has 0 bridgehead atoms. The van der Waals surface area contributed by atoms with Crippen molar-refractivity contribution in [3.05, 3.63) is 0 Å². The molecule has 21 heavy (non-hydrogen) atoms. The van der Waals surface area contributed by atoms with E-state index < -0.39 is 12.0 Å². The summed E-state index contributed by atoms with van der Waals surface area (Å²) in [6.07, 6.45) is 2.20. The number of methoxy groups -OCH3 is 1. The lowest BCUT2D eigenvalue weighted by molar-refractivity contribution is -0.141. The van der Waals surface area contributed by atoms with Crippen LogP contribution in [0.15, 0.2) is 0 Å². The zero-order valence-electron chi connectivity index (χ0n) is 13.5. The number of carboxylic acid groups (broad SMARTS) is 1. The molecule has 0 spiro atoms. The molecule has 0 saturated carbocycles. The SMILES string of the molecule is CCC(CC)CN(CC)C(=O)N1CC(OC)CC1C(=O)O. The van der Waals surface area contributed by atoms with Gasteiger partial charge in [-0.2, -0.15) is 0 Å². The van der Waals surface area contributed by atoms with Gasteiger partial charge in [0.25, 0.3) is 0 Å². The van der Waals surface area contributed by atoms with Crippen LogP contribution in [0.5, 0.6) is 0 Å². The van der Waals surface area contributed by atoms with Gasteiger partial charge in [-0.05, 0) is 12.8 Å². The van der Waals surface area contributed by atoms with Crippen LogP contribution >= 0.6 is 0 Å². The Balaban J connectivity index is 2.79.